The molecule has 0 radical (unpaired) electrons. The molecule has 0 saturated carbocycles. The van der Waals surface area contributed by atoms with E-state index in [0.717, 1.165) is 43.7 Å². The van der Waals surface area contributed by atoms with Crippen LogP contribution in [0.25, 0.3) is 21.2 Å². The third-order valence-electron chi connectivity index (χ3n) is 7.00. The number of alkyl halides is 3. The number of rotatable bonds is 11. The summed E-state index contributed by atoms with van der Waals surface area (Å²) in [6.45, 7) is 7.05. The average molecular weight is 620 g/mol. The molecule has 0 spiro atoms. The highest BCUT2D eigenvalue weighted by Crippen LogP contribution is 2.37. The Morgan fingerprint density at radius 3 is 2.36 bits per heavy atom. The fourth-order valence-corrected chi connectivity index (χ4v) is 5.60. The lowest BCUT2D eigenvalue weighted by Crippen LogP contribution is -2.36. The summed E-state index contributed by atoms with van der Waals surface area (Å²) >= 11 is 1.65. The van der Waals surface area contributed by atoms with E-state index in [-0.39, 0.29) is 18.9 Å². The second-order valence-electron chi connectivity index (χ2n) is 10.9. The lowest BCUT2D eigenvalue weighted by molar-refractivity contribution is -0.212. The van der Waals surface area contributed by atoms with Crippen LogP contribution in [0.1, 0.15) is 56.2 Å². The molecule has 0 aliphatic carbocycles. The Morgan fingerprint density at radius 2 is 1.70 bits per heavy atom. The topological polar surface area (TPSA) is 68.6 Å². The molecule has 228 valence electrons. The molecule has 3 aromatic carbocycles. The van der Waals surface area contributed by atoms with Gasteiger partial charge in [-0.25, -0.2) is 4.79 Å². The van der Waals surface area contributed by atoms with E-state index in [2.05, 4.69) is 40.2 Å². The van der Waals surface area contributed by atoms with Gasteiger partial charge in [0, 0.05) is 22.1 Å². The van der Waals surface area contributed by atoms with E-state index in [1.807, 2.05) is 55.5 Å². The summed E-state index contributed by atoms with van der Waals surface area (Å²) in [6.07, 6.45) is -4.61. The molecule has 1 heterocycles. The second kappa shape index (κ2) is 13.9. The molecule has 9 heteroatoms. The standard InChI is InChI=1S/C35H32F3NO4S/c1-5-6-25(15-17-39)26-8-10-27(11-9-26)42-21-24-7-14-32-30(20-24)31(22-44-32)29-13-12-28(19-23(29)2)41-18-16-34(3,4)43-33(40)35(36,37)38/h7-14,19-20,22,25H,15-16,18,21H2,1-4H3/t25-/m0/s1. The van der Waals surface area contributed by atoms with E-state index >= 15 is 0 Å². The van der Waals surface area contributed by atoms with Crippen molar-refractivity contribution in [3.8, 4) is 40.5 Å². The third kappa shape index (κ3) is 8.33. The number of benzene rings is 3. The molecular weight excluding hydrogens is 587 g/mol. The number of nitriles is 1. The number of halogens is 3. The van der Waals surface area contributed by atoms with Crippen LogP contribution < -0.4 is 9.47 Å². The van der Waals surface area contributed by atoms with Crippen molar-refractivity contribution in [1.29, 1.82) is 5.26 Å². The van der Waals surface area contributed by atoms with Crippen molar-refractivity contribution in [1.82, 2.24) is 0 Å². The minimum Gasteiger partial charge on any atom is -0.493 e. The number of fused-ring (bicyclic) bond motifs is 1. The van der Waals surface area contributed by atoms with Crippen LogP contribution in [0.2, 0.25) is 0 Å². The van der Waals surface area contributed by atoms with Crippen LogP contribution in [0.5, 0.6) is 11.5 Å². The Bertz CT molecular complexity index is 1720. The van der Waals surface area contributed by atoms with Gasteiger partial charge < -0.3 is 14.2 Å². The van der Waals surface area contributed by atoms with Gasteiger partial charge in [0.05, 0.1) is 25.0 Å². The number of carbonyl (C=O) groups excluding carboxylic acids is 1. The maximum Gasteiger partial charge on any atom is 0.490 e. The van der Waals surface area contributed by atoms with Gasteiger partial charge in [0.2, 0.25) is 0 Å². The smallest absolute Gasteiger partial charge is 0.490 e. The number of thiophene rings is 1. The van der Waals surface area contributed by atoms with Gasteiger partial charge in [0.1, 0.15) is 23.7 Å². The maximum absolute atomic E-state index is 12.5. The molecule has 5 nitrogen and oxygen atoms in total. The Hall–Kier alpha value is -4.47. The number of hydrogen-bond donors (Lipinski definition) is 0. The van der Waals surface area contributed by atoms with Crippen LogP contribution >= 0.6 is 11.3 Å². The molecule has 0 aliphatic rings. The monoisotopic (exact) mass is 619 g/mol. The highest BCUT2D eigenvalue weighted by Gasteiger charge is 2.43. The molecule has 0 unspecified atom stereocenters. The Balaban J connectivity index is 1.41. The Kier molecular flexibility index (Phi) is 10.2. The highest BCUT2D eigenvalue weighted by atomic mass is 32.1. The van der Waals surface area contributed by atoms with Gasteiger partial charge in [0.25, 0.3) is 0 Å². The van der Waals surface area contributed by atoms with Crippen molar-refractivity contribution in [3.63, 3.8) is 0 Å². The molecule has 0 aliphatic heterocycles. The molecule has 0 bridgehead atoms. The van der Waals surface area contributed by atoms with Gasteiger partial charge in [-0.1, -0.05) is 30.2 Å². The number of hydrogen-bond acceptors (Lipinski definition) is 6. The van der Waals surface area contributed by atoms with Crippen molar-refractivity contribution in [3.05, 3.63) is 82.7 Å². The van der Waals surface area contributed by atoms with E-state index in [4.69, 9.17) is 14.7 Å². The molecule has 4 rings (SSSR count). The zero-order valence-electron chi connectivity index (χ0n) is 24.9. The van der Waals surface area contributed by atoms with E-state index in [0.29, 0.717) is 18.8 Å². The van der Waals surface area contributed by atoms with Crippen LogP contribution in [0.15, 0.2) is 66.0 Å². The SMILES string of the molecule is CC#C[C@@H](CC#N)c1ccc(OCc2ccc3scc(-c4ccc(OCCC(C)(C)OC(=O)C(F)(F)F)cc4C)c3c2)cc1. The first-order chi connectivity index (χ1) is 20.9. The van der Waals surface area contributed by atoms with Gasteiger partial charge >= 0.3 is 12.1 Å². The summed E-state index contributed by atoms with van der Waals surface area (Å²) in [5, 5.41) is 12.3. The van der Waals surface area contributed by atoms with Crippen molar-refractivity contribution in [2.45, 2.75) is 64.8 Å². The summed E-state index contributed by atoms with van der Waals surface area (Å²) in [4.78, 5) is 11.2. The largest absolute Gasteiger partial charge is 0.493 e. The van der Waals surface area contributed by atoms with Crippen molar-refractivity contribution >= 4 is 27.4 Å². The molecule has 0 N–H and O–H groups in total. The number of ether oxygens (including phenoxy) is 3. The molecule has 0 amide bonds. The summed E-state index contributed by atoms with van der Waals surface area (Å²) in [5.74, 6) is 4.94. The minimum atomic E-state index is -5.04. The fraction of sp³-hybridized carbons (Fsp3) is 0.314. The van der Waals surface area contributed by atoms with Gasteiger partial charge in [0.15, 0.2) is 0 Å². The Morgan fingerprint density at radius 1 is 0.977 bits per heavy atom. The lowest BCUT2D eigenvalue weighted by atomic mass is 9.97. The summed E-state index contributed by atoms with van der Waals surface area (Å²) in [5.41, 5.74) is 3.79. The Labute approximate surface area is 259 Å². The van der Waals surface area contributed by atoms with E-state index < -0.39 is 17.7 Å². The van der Waals surface area contributed by atoms with E-state index in [1.54, 1.807) is 18.3 Å². The predicted octanol–water partition coefficient (Wildman–Crippen LogP) is 9.13. The zero-order valence-corrected chi connectivity index (χ0v) is 25.7. The fourth-order valence-electron chi connectivity index (χ4n) is 4.66. The van der Waals surface area contributed by atoms with Gasteiger partial charge in [-0.15, -0.1) is 17.3 Å². The summed E-state index contributed by atoms with van der Waals surface area (Å²) in [6, 6.07) is 21.8. The number of esters is 1. The zero-order chi connectivity index (χ0) is 31.9. The van der Waals surface area contributed by atoms with Crippen LogP contribution in [0.3, 0.4) is 0 Å². The normalized spacial score (nSPS) is 12.1. The molecule has 0 saturated heterocycles. The van der Waals surface area contributed by atoms with Crippen molar-refractivity contribution in [2.24, 2.45) is 0 Å². The molecule has 1 aromatic heterocycles. The quantitative estimate of drug-likeness (QED) is 0.124. The van der Waals surface area contributed by atoms with Crippen LogP contribution in [-0.2, 0) is 16.1 Å². The molecule has 1 atom stereocenters. The van der Waals surface area contributed by atoms with Crippen LogP contribution in [0, 0.1) is 30.1 Å². The molecule has 0 fully saturated rings. The average Bonchev–Trinajstić information content (AvgIpc) is 3.38. The van der Waals surface area contributed by atoms with Crippen molar-refractivity contribution in [2.75, 3.05) is 6.61 Å². The minimum absolute atomic E-state index is 0.0810. The summed E-state index contributed by atoms with van der Waals surface area (Å²) in [7, 11) is 0. The first-order valence-electron chi connectivity index (χ1n) is 14.0. The van der Waals surface area contributed by atoms with Gasteiger partial charge in [-0.05, 0) is 91.7 Å². The predicted molar refractivity (Wildman–Crippen MR) is 166 cm³/mol. The maximum atomic E-state index is 12.5. The third-order valence-corrected chi connectivity index (χ3v) is 7.96. The second-order valence-corrected chi connectivity index (χ2v) is 11.8. The highest BCUT2D eigenvalue weighted by molar-refractivity contribution is 7.17. The first kappa shape index (κ1) is 32.4. The van der Waals surface area contributed by atoms with Crippen LogP contribution in [-0.4, -0.2) is 24.4 Å². The number of carbonyl (C=O) groups is 1. The summed E-state index contributed by atoms with van der Waals surface area (Å²) < 4.78 is 55.2. The molecular formula is C35H32F3NO4S. The molecule has 44 heavy (non-hydrogen) atoms. The van der Waals surface area contributed by atoms with Crippen LogP contribution in [0.4, 0.5) is 13.2 Å². The first-order valence-corrected chi connectivity index (χ1v) is 14.8. The number of aryl methyl sites for hydroxylation is 1. The molecule has 4 aromatic rings. The van der Waals surface area contributed by atoms with E-state index in [9.17, 15) is 18.0 Å². The van der Waals surface area contributed by atoms with Gasteiger partial charge in [-0.2, -0.15) is 18.4 Å². The number of nitrogens with zero attached hydrogens (tertiary/aromatic N) is 1. The van der Waals surface area contributed by atoms with E-state index in [1.165, 1.54) is 13.8 Å². The van der Waals surface area contributed by atoms with Crippen molar-refractivity contribution < 1.29 is 32.2 Å². The lowest BCUT2D eigenvalue weighted by Gasteiger charge is -2.25. The van der Waals surface area contributed by atoms with Gasteiger partial charge in [-0.3, -0.25) is 0 Å².